The summed E-state index contributed by atoms with van der Waals surface area (Å²) in [5, 5.41) is 21.0. The molecule has 3 rings (SSSR count). The van der Waals surface area contributed by atoms with Gasteiger partial charge in [-0.25, -0.2) is 0 Å². The van der Waals surface area contributed by atoms with Gasteiger partial charge in [0.1, 0.15) is 5.76 Å². The summed E-state index contributed by atoms with van der Waals surface area (Å²) < 4.78 is 6.06. The molecule has 1 aliphatic heterocycles. The van der Waals surface area contributed by atoms with E-state index in [1.165, 1.54) is 18.2 Å². The molecule has 140 valence electrons. The van der Waals surface area contributed by atoms with E-state index in [-0.39, 0.29) is 24.5 Å². The highest BCUT2D eigenvalue weighted by Gasteiger charge is 2.47. The molecule has 0 aromatic heterocycles. The lowest BCUT2D eigenvalue weighted by Crippen LogP contribution is -2.40. The third kappa shape index (κ3) is 3.72. The van der Waals surface area contributed by atoms with Crippen LogP contribution in [0, 0.1) is 10.1 Å². The van der Waals surface area contributed by atoms with Crippen LogP contribution >= 0.6 is 11.6 Å². The molecule has 0 bridgehead atoms. The monoisotopic (exact) mass is 387 g/mol. The first-order valence-corrected chi connectivity index (χ1v) is 8.79. The van der Waals surface area contributed by atoms with Gasteiger partial charge in [0, 0.05) is 41.3 Å². The van der Waals surface area contributed by atoms with Crippen molar-refractivity contribution in [3.8, 4) is 0 Å². The minimum absolute atomic E-state index is 0.0368. The molecular formula is C20H18ClNO5. The number of carbonyl (C=O) groups excluding carboxylic acids is 1. The van der Waals surface area contributed by atoms with Crippen LogP contribution in [0.15, 0.2) is 54.6 Å². The van der Waals surface area contributed by atoms with Crippen LogP contribution in [0.5, 0.6) is 0 Å². The highest BCUT2D eigenvalue weighted by Crippen LogP contribution is 2.43. The van der Waals surface area contributed by atoms with Crippen LogP contribution in [0.4, 0.5) is 5.69 Å². The number of nitro groups is 1. The van der Waals surface area contributed by atoms with Crippen molar-refractivity contribution in [3.05, 3.63) is 80.9 Å². The summed E-state index contributed by atoms with van der Waals surface area (Å²) in [4.78, 5) is 23.2. The number of halogens is 1. The Morgan fingerprint density at radius 3 is 2.37 bits per heavy atom. The Morgan fingerprint density at radius 1 is 1.19 bits per heavy atom. The van der Waals surface area contributed by atoms with Gasteiger partial charge in [-0.05, 0) is 43.2 Å². The molecule has 1 aliphatic rings. The van der Waals surface area contributed by atoms with Gasteiger partial charge in [0.05, 0.1) is 4.92 Å². The molecule has 0 spiro atoms. The number of ether oxygens (including phenoxy) is 1. The molecule has 1 heterocycles. The molecule has 2 atom stereocenters. The van der Waals surface area contributed by atoms with E-state index < -0.39 is 16.4 Å². The maximum absolute atomic E-state index is 12.8. The highest BCUT2D eigenvalue weighted by atomic mass is 35.5. The molecule has 2 aromatic rings. The van der Waals surface area contributed by atoms with Gasteiger partial charge in [-0.2, -0.15) is 0 Å². The number of carbonyl (C=O) groups is 1. The minimum atomic E-state index is -1.21. The summed E-state index contributed by atoms with van der Waals surface area (Å²) in [5.74, 6) is -0.245. The number of nitrogens with zero attached hydrogens (tertiary/aromatic N) is 1. The van der Waals surface area contributed by atoms with Gasteiger partial charge in [0.2, 0.25) is 5.78 Å². The van der Waals surface area contributed by atoms with Crippen LogP contribution < -0.4 is 0 Å². The zero-order valence-electron chi connectivity index (χ0n) is 14.6. The molecule has 0 amide bonds. The van der Waals surface area contributed by atoms with Gasteiger partial charge >= 0.3 is 0 Å². The zero-order valence-corrected chi connectivity index (χ0v) is 15.3. The first kappa shape index (κ1) is 19.1. The van der Waals surface area contributed by atoms with Crippen LogP contribution in [0.1, 0.15) is 30.4 Å². The molecule has 0 saturated carbocycles. The first-order valence-electron chi connectivity index (χ1n) is 8.41. The molecular weight excluding hydrogens is 370 g/mol. The van der Waals surface area contributed by atoms with E-state index in [1.54, 1.807) is 43.3 Å². The van der Waals surface area contributed by atoms with Gasteiger partial charge in [0.15, 0.2) is 5.60 Å². The fourth-order valence-corrected chi connectivity index (χ4v) is 3.41. The van der Waals surface area contributed by atoms with Gasteiger partial charge in [-0.15, -0.1) is 0 Å². The van der Waals surface area contributed by atoms with Crippen LogP contribution in [-0.2, 0) is 9.53 Å². The van der Waals surface area contributed by atoms with Crippen LogP contribution in [0.3, 0.4) is 0 Å². The summed E-state index contributed by atoms with van der Waals surface area (Å²) in [6.07, 6.45) is 1.72. The highest BCUT2D eigenvalue weighted by molar-refractivity contribution is 6.30. The van der Waals surface area contributed by atoms with Crippen molar-refractivity contribution < 1.29 is 19.6 Å². The summed E-state index contributed by atoms with van der Waals surface area (Å²) in [6, 6.07) is 12.9. The fourth-order valence-electron chi connectivity index (χ4n) is 3.29. The lowest BCUT2D eigenvalue weighted by Gasteiger charge is -2.33. The van der Waals surface area contributed by atoms with Gasteiger partial charge < -0.3 is 9.84 Å². The molecule has 7 heteroatoms. The zero-order chi connectivity index (χ0) is 19.6. The van der Waals surface area contributed by atoms with Crippen molar-refractivity contribution in [1.29, 1.82) is 0 Å². The van der Waals surface area contributed by atoms with Crippen LogP contribution in [0.2, 0.25) is 5.02 Å². The van der Waals surface area contributed by atoms with Gasteiger partial charge in [-0.3, -0.25) is 14.9 Å². The van der Waals surface area contributed by atoms with Gasteiger partial charge in [0.25, 0.3) is 5.69 Å². The average molecular weight is 388 g/mol. The number of ketones is 1. The smallest absolute Gasteiger partial charge is 0.269 e. The van der Waals surface area contributed by atoms with Crippen molar-refractivity contribution in [2.75, 3.05) is 6.61 Å². The van der Waals surface area contributed by atoms with Gasteiger partial charge in [-0.1, -0.05) is 23.7 Å². The summed E-state index contributed by atoms with van der Waals surface area (Å²) in [5.41, 5.74) is 0.165. The predicted octanol–water partition coefficient (Wildman–Crippen LogP) is 4.11. The maximum atomic E-state index is 12.8. The SMILES string of the molecule is C[C@]1([C@@H](CCO)c2ccc([N+](=O)[O-])cc2)OC(c2ccc(Cl)cc2)=CC1=O. The normalized spacial score (nSPS) is 20.1. The van der Waals surface area contributed by atoms with E-state index in [9.17, 15) is 20.0 Å². The fraction of sp³-hybridized carbons (Fsp3) is 0.250. The number of hydrogen-bond donors (Lipinski definition) is 1. The number of rotatable bonds is 6. The number of hydrogen-bond acceptors (Lipinski definition) is 5. The second-order valence-corrected chi connectivity index (χ2v) is 6.94. The van der Waals surface area contributed by atoms with Crippen molar-refractivity contribution in [2.24, 2.45) is 0 Å². The Labute approximate surface area is 161 Å². The molecule has 0 fully saturated rings. The second kappa shape index (κ2) is 7.50. The van der Waals surface area contributed by atoms with Crippen molar-refractivity contribution in [1.82, 2.24) is 0 Å². The topological polar surface area (TPSA) is 89.7 Å². The second-order valence-electron chi connectivity index (χ2n) is 6.50. The molecule has 0 saturated heterocycles. The largest absolute Gasteiger partial charge is 0.478 e. The number of aliphatic hydroxyl groups excluding tert-OH is 1. The molecule has 0 radical (unpaired) electrons. The third-order valence-electron chi connectivity index (χ3n) is 4.79. The number of aliphatic hydroxyl groups is 1. The maximum Gasteiger partial charge on any atom is 0.269 e. The number of benzene rings is 2. The number of non-ortho nitro benzene ring substituents is 1. The Morgan fingerprint density at radius 2 is 1.81 bits per heavy atom. The summed E-state index contributed by atoms with van der Waals surface area (Å²) >= 11 is 5.91. The third-order valence-corrected chi connectivity index (χ3v) is 5.04. The van der Waals surface area contributed by atoms with E-state index >= 15 is 0 Å². The quantitative estimate of drug-likeness (QED) is 0.595. The lowest BCUT2D eigenvalue weighted by molar-refractivity contribution is -0.384. The summed E-state index contributed by atoms with van der Waals surface area (Å²) in [7, 11) is 0. The van der Waals surface area contributed by atoms with Crippen molar-refractivity contribution >= 4 is 28.8 Å². The van der Waals surface area contributed by atoms with Crippen LogP contribution in [-0.4, -0.2) is 28.0 Å². The van der Waals surface area contributed by atoms with E-state index in [2.05, 4.69) is 0 Å². The Bertz CT molecular complexity index is 892. The van der Waals surface area contributed by atoms with E-state index in [0.717, 1.165) is 5.56 Å². The Kier molecular flexibility index (Phi) is 5.30. The minimum Gasteiger partial charge on any atom is -0.478 e. The van der Waals surface area contributed by atoms with Crippen LogP contribution in [0.25, 0.3) is 5.76 Å². The molecule has 0 aliphatic carbocycles. The molecule has 2 aromatic carbocycles. The predicted molar refractivity (Wildman–Crippen MR) is 101 cm³/mol. The first-order chi connectivity index (χ1) is 12.8. The van der Waals surface area contributed by atoms with Crippen molar-refractivity contribution in [3.63, 3.8) is 0 Å². The Hall–Kier alpha value is -2.70. The molecule has 1 N–H and O–H groups in total. The van der Waals surface area contributed by atoms with E-state index in [1.807, 2.05) is 0 Å². The lowest BCUT2D eigenvalue weighted by atomic mass is 9.79. The summed E-state index contributed by atoms with van der Waals surface area (Å²) in [6.45, 7) is 1.53. The number of nitro benzene ring substituents is 1. The van der Waals surface area contributed by atoms with E-state index in [4.69, 9.17) is 16.3 Å². The average Bonchev–Trinajstić information content (AvgIpc) is 2.96. The molecule has 0 unspecified atom stereocenters. The molecule has 6 nitrogen and oxygen atoms in total. The Balaban J connectivity index is 1.92. The van der Waals surface area contributed by atoms with E-state index in [0.29, 0.717) is 16.3 Å². The molecule has 27 heavy (non-hydrogen) atoms. The van der Waals surface area contributed by atoms with Crippen molar-refractivity contribution in [2.45, 2.75) is 24.9 Å². The standard InChI is InChI=1S/C20H18ClNO5/c1-20(17(10-11-23)13-4-8-16(9-5-13)22(25)26)19(24)12-18(27-20)14-2-6-15(21)7-3-14/h2-9,12,17,23H,10-11H2,1H3/t17-,20+/m0/s1.